The van der Waals surface area contributed by atoms with E-state index in [1.54, 1.807) is 6.07 Å². The van der Waals surface area contributed by atoms with E-state index < -0.39 is 0 Å². The average molecular weight is 347 g/mol. The lowest BCUT2D eigenvalue weighted by molar-refractivity contribution is 0.638. The van der Waals surface area contributed by atoms with Crippen molar-refractivity contribution >= 4 is 28.2 Å². The zero-order valence-electron chi connectivity index (χ0n) is 14.7. The van der Waals surface area contributed by atoms with Crippen molar-refractivity contribution in [3.63, 3.8) is 0 Å². The molecule has 6 heteroatoms. The van der Waals surface area contributed by atoms with Gasteiger partial charge in [-0.3, -0.25) is 4.40 Å². The average Bonchev–Trinajstić information content (AvgIpc) is 3.02. The van der Waals surface area contributed by atoms with Gasteiger partial charge in [-0.05, 0) is 56.0 Å². The highest BCUT2D eigenvalue weighted by molar-refractivity contribution is 5.94. The van der Waals surface area contributed by atoms with Gasteiger partial charge in [0, 0.05) is 12.2 Å². The van der Waals surface area contributed by atoms with Gasteiger partial charge < -0.3 is 4.90 Å². The van der Waals surface area contributed by atoms with Crippen LogP contribution in [0.2, 0.25) is 0 Å². The first kappa shape index (κ1) is 15.3. The Hall–Kier alpha value is -3.02. The van der Waals surface area contributed by atoms with Crippen molar-refractivity contribution in [1.82, 2.24) is 19.6 Å². The minimum absolute atomic E-state index is 0.278. The molecular weight excluding hydrogens is 329 g/mol. The number of benzene rings is 2. The van der Waals surface area contributed by atoms with Crippen LogP contribution in [0.15, 0.2) is 36.4 Å². The van der Waals surface area contributed by atoms with Crippen molar-refractivity contribution in [2.45, 2.75) is 26.7 Å². The van der Waals surface area contributed by atoms with E-state index in [-0.39, 0.29) is 5.82 Å². The number of hydrogen-bond donors (Lipinski definition) is 0. The Bertz CT molecular complexity index is 1160. The summed E-state index contributed by atoms with van der Waals surface area (Å²) >= 11 is 0. The summed E-state index contributed by atoms with van der Waals surface area (Å²) in [6, 6.07) is 11.4. The van der Waals surface area contributed by atoms with Gasteiger partial charge in [0.25, 0.3) is 5.78 Å². The Morgan fingerprint density at radius 1 is 1.04 bits per heavy atom. The predicted molar refractivity (Wildman–Crippen MR) is 99.5 cm³/mol. The van der Waals surface area contributed by atoms with Crippen LogP contribution in [0.25, 0.3) is 16.7 Å². The maximum atomic E-state index is 14.9. The molecule has 130 valence electrons. The van der Waals surface area contributed by atoms with Gasteiger partial charge >= 0.3 is 0 Å². The maximum Gasteiger partial charge on any atom is 0.257 e. The molecule has 1 aliphatic rings. The lowest BCUT2D eigenvalue weighted by Gasteiger charge is -2.32. The van der Waals surface area contributed by atoms with Crippen LogP contribution >= 0.6 is 0 Å². The van der Waals surface area contributed by atoms with Gasteiger partial charge in [-0.2, -0.15) is 4.98 Å². The standard InChI is InChI=1S/C20H18FN5/c1-12-6-3-9-16-14(12)7-5-11-25(16)19-18-15(21)8-4-10-17(18)26-13(2)23-24-20(26)22-19/h3-4,6,8-10H,5,7,11H2,1-2H3. The molecule has 0 atom stereocenters. The molecule has 2 aromatic carbocycles. The van der Waals surface area contributed by atoms with E-state index in [1.807, 2.05) is 23.5 Å². The molecule has 0 N–H and O–H groups in total. The van der Waals surface area contributed by atoms with E-state index in [2.05, 4.69) is 34.2 Å². The number of anilines is 2. The molecule has 5 nitrogen and oxygen atoms in total. The maximum absolute atomic E-state index is 14.9. The van der Waals surface area contributed by atoms with Crippen LogP contribution < -0.4 is 4.90 Å². The first-order valence-corrected chi connectivity index (χ1v) is 8.81. The van der Waals surface area contributed by atoms with E-state index >= 15 is 0 Å². The largest absolute Gasteiger partial charge is 0.325 e. The number of aryl methyl sites for hydroxylation is 2. The van der Waals surface area contributed by atoms with Crippen molar-refractivity contribution in [1.29, 1.82) is 0 Å². The molecule has 5 rings (SSSR count). The Kier molecular flexibility index (Phi) is 3.22. The summed E-state index contributed by atoms with van der Waals surface area (Å²) in [4.78, 5) is 6.84. The van der Waals surface area contributed by atoms with Crippen molar-refractivity contribution in [2.75, 3.05) is 11.4 Å². The van der Waals surface area contributed by atoms with E-state index in [1.165, 1.54) is 17.2 Å². The van der Waals surface area contributed by atoms with Crippen LogP contribution in [0.4, 0.5) is 15.9 Å². The topological polar surface area (TPSA) is 46.3 Å². The van der Waals surface area contributed by atoms with Crippen molar-refractivity contribution in [3.05, 3.63) is 59.2 Å². The minimum Gasteiger partial charge on any atom is -0.325 e. The Morgan fingerprint density at radius 2 is 1.88 bits per heavy atom. The molecule has 0 spiro atoms. The smallest absolute Gasteiger partial charge is 0.257 e. The number of aromatic nitrogens is 4. The van der Waals surface area contributed by atoms with Gasteiger partial charge in [0.05, 0.1) is 10.9 Å². The predicted octanol–water partition coefficient (Wildman–Crippen LogP) is 4.12. The molecule has 1 aliphatic heterocycles. The molecule has 3 heterocycles. The normalized spacial score (nSPS) is 14.2. The number of fused-ring (bicyclic) bond motifs is 4. The van der Waals surface area contributed by atoms with E-state index in [9.17, 15) is 4.39 Å². The Balaban J connectivity index is 1.87. The van der Waals surface area contributed by atoms with Gasteiger partial charge in [-0.25, -0.2) is 4.39 Å². The van der Waals surface area contributed by atoms with Crippen LogP contribution in [0.5, 0.6) is 0 Å². The summed E-state index contributed by atoms with van der Waals surface area (Å²) in [5, 5.41) is 8.82. The molecule has 26 heavy (non-hydrogen) atoms. The fourth-order valence-corrected chi connectivity index (χ4v) is 3.99. The highest BCUT2D eigenvalue weighted by Gasteiger charge is 2.25. The summed E-state index contributed by atoms with van der Waals surface area (Å²) in [5.74, 6) is 1.53. The highest BCUT2D eigenvalue weighted by Crippen LogP contribution is 2.38. The quantitative estimate of drug-likeness (QED) is 0.520. The second kappa shape index (κ2) is 5.49. The van der Waals surface area contributed by atoms with E-state index in [4.69, 9.17) is 4.98 Å². The molecule has 0 aliphatic carbocycles. The van der Waals surface area contributed by atoms with Crippen LogP contribution in [0.1, 0.15) is 23.4 Å². The molecule has 0 bridgehead atoms. The van der Waals surface area contributed by atoms with Gasteiger partial charge in [-0.15, -0.1) is 10.2 Å². The Labute approximate surface area is 150 Å². The third-order valence-electron chi connectivity index (χ3n) is 5.21. The third kappa shape index (κ3) is 2.05. The summed E-state index contributed by atoms with van der Waals surface area (Å²) < 4.78 is 16.7. The molecular formula is C20H18FN5. The van der Waals surface area contributed by atoms with Crippen LogP contribution in [-0.4, -0.2) is 26.1 Å². The zero-order valence-corrected chi connectivity index (χ0v) is 14.7. The number of hydrogen-bond acceptors (Lipinski definition) is 4. The molecule has 4 aromatic rings. The monoisotopic (exact) mass is 347 g/mol. The van der Waals surface area contributed by atoms with Crippen molar-refractivity contribution in [2.24, 2.45) is 0 Å². The number of rotatable bonds is 1. The van der Waals surface area contributed by atoms with E-state index in [0.29, 0.717) is 22.8 Å². The second-order valence-electron chi connectivity index (χ2n) is 6.78. The summed E-state index contributed by atoms with van der Waals surface area (Å²) in [7, 11) is 0. The lowest BCUT2D eigenvalue weighted by Crippen LogP contribution is -2.26. The number of nitrogens with zero attached hydrogens (tertiary/aromatic N) is 5. The molecule has 0 saturated carbocycles. The zero-order chi connectivity index (χ0) is 17.8. The molecule has 0 saturated heterocycles. The summed E-state index contributed by atoms with van der Waals surface area (Å²) in [6.45, 7) is 4.78. The van der Waals surface area contributed by atoms with Crippen molar-refractivity contribution in [3.8, 4) is 0 Å². The summed E-state index contributed by atoms with van der Waals surface area (Å²) in [5.41, 5.74) is 4.42. The molecule has 0 fully saturated rings. The first-order valence-electron chi connectivity index (χ1n) is 8.81. The fourth-order valence-electron chi connectivity index (χ4n) is 3.99. The molecule has 0 unspecified atom stereocenters. The van der Waals surface area contributed by atoms with Crippen LogP contribution in [0, 0.1) is 19.7 Å². The molecule has 0 radical (unpaired) electrons. The molecule has 2 aromatic heterocycles. The fraction of sp³-hybridized carbons (Fsp3) is 0.250. The number of halogens is 1. The summed E-state index contributed by atoms with van der Waals surface area (Å²) in [6.07, 6.45) is 2.04. The molecule has 0 amide bonds. The highest BCUT2D eigenvalue weighted by atomic mass is 19.1. The first-order chi connectivity index (χ1) is 12.6. The lowest BCUT2D eigenvalue weighted by atomic mass is 9.97. The van der Waals surface area contributed by atoms with Crippen molar-refractivity contribution < 1.29 is 4.39 Å². The second-order valence-corrected chi connectivity index (χ2v) is 6.78. The van der Waals surface area contributed by atoms with Gasteiger partial charge in [0.15, 0.2) is 0 Å². The van der Waals surface area contributed by atoms with Gasteiger partial charge in [0.1, 0.15) is 17.5 Å². The van der Waals surface area contributed by atoms with E-state index in [0.717, 1.165) is 30.6 Å². The van der Waals surface area contributed by atoms with Crippen LogP contribution in [0.3, 0.4) is 0 Å². The SMILES string of the molecule is Cc1cccc2c1CCCN2c1nc2nnc(C)n2c2cccc(F)c12. The van der Waals surface area contributed by atoms with Gasteiger partial charge in [0.2, 0.25) is 0 Å². The van der Waals surface area contributed by atoms with Gasteiger partial charge in [-0.1, -0.05) is 18.2 Å². The third-order valence-corrected chi connectivity index (χ3v) is 5.21. The Morgan fingerprint density at radius 3 is 2.77 bits per heavy atom. The van der Waals surface area contributed by atoms with Crippen LogP contribution in [-0.2, 0) is 6.42 Å². The minimum atomic E-state index is -0.278.